The minimum Gasteiger partial charge on any atom is -0.337 e. The van der Waals surface area contributed by atoms with E-state index in [0.717, 1.165) is 66.7 Å². The summed E-state index contributed by atoms with van der Waals surface area (Å²) in [5, 5.41) is 0. The summed E-state index contributed by atoms with van der Waals surface area (Å²) in [6, 6.07) is 40.8. The molecule has 0 aliphatic carbocycles. The Labute approximate surface area is 295 Å². The number of hydrogen-bond acceptors (Lipinski definition) is 2. The Balaban J connectivity index is 1.14. The molecule has 52 heavy (non-hydrogen) atoms. The fourth-order valence-corrected chi connectivity index (χ4v) is 6.71. The zero-order valence-corrected chi connectivity index (χ0v) is 27.3. The Kier molecular flexibility index (Phi) is 7.51. The van der Waals surface area contributed by atoms with Gasteiger partial charge in [0.25, 0.3) is 0 Å². The molecule has 0 fully saturated rings. The molecule has 0 amide bonds. The summed E-state index contributed by atoms with van der Waals surface area (Å²) in [6.07, 6.45) is 0. The van der Waals surface area contributed by atoms with E-state index in [1.807, 2.05) is 48.5 Å². The molecule has 0 saturated heterocycles. The number of nitrogens with one attached hydrogen (secondary N) is 2. The molecule has 4 nitrogen and oxygen atoms in total. The second-order valence-corrected chi connectivity index (χ2v) is 12.5. The maximum Gasteiger partial charge on any atom is 0.138 e. The first-order valence-corrected chi connectivity index (χ1v) is 16.6. The van der Waals surface area contributed by atoms with Crippen molar-refractivity contribution >= 4 is 22.1 Å². The van der Waals surface area contributed by atoms with Gasteiger partial charge in [-0.15, -0.1) is 0 Å². The number of benzene rings is 7. The smallest absolute Gasteiger partial charge is 0.138 e. The maximum atomic E-state index is 13.8. The average Bonchev–Trinajstić information content (AvgIpc) is 3.82. The minimum absolute atomic E-state index is 0.323. The van der Waals surface area contributed by atoms with Crippen LogP contribution in [0.25, 0.3) is 89.4 Å². The van der Waals surface area contributed by atoms with Crippen molar-refractivity contribution in [1.82, 2.24) is 19.9 Å². The van der Waals surface area contributed by atoms with Crippen molar-refractivity contribution in [3.63, 3.8) is 0 Å². The number of imidazole rings is 2. The quantitative estimate of drug-likeness (QED) is 0.171. The van der Waals surface area contributed by atoms with Crippen LogP contribution in [0.3, 0.4) is 0 Å². The SMILES string of the molecule is Fc1ccc(-c2ccc(-c3ccc(F)cc3)c3[nH]c(-c4ccc(-c5nc6c(-c7ccc(F)cc7)ccc(-c7ccc(F)cc7)c6[nH]5)cc4)nc23)cc1. The molecule has 0 unspecified atom stereocenters. The lowest BCUT2D eigenvalue weighted by atomic mass is 9.98. The van der Waals surface area contributed by atoms with Gasteiger partial charge in [0, 0.05) is 33.4 Å². The summed E-state index contributed by atoms with van der Waals surface area (Å²) in [4.78, 5) is 17.0. The van der Waals surface area contributed by atoms with E-state index in [4.69, 9.17) is 9.97 Å². The third-order valence-corrected chi connectivity index (χ3v) is 9.34. The third kappa shape index (κ3) is 5.60. The first-order chi connectivity index (χ1) is 25.4. The molecule has 0 aliphatic heterocycles. The van der Waals surface area contributed by atoms with Gasteiger partial charge in [-0.25, -0.2) is 27.5 Å². The predicted octanol–water partition coefficient (Wildman–Crippen LogP) is 12.0. The summed E-state index contributed by atoms with van der Waals surface area (Å²) in [6.45, 7) is 0. The van der Waals surface area contributed by atoms with Crippen molar-refractivity contribution in [2.45, 2.75) is 0 Å². The molecule has 7 aromatic carbocycles. The van der Waals surface area contributed by atoms with E-state index < -0.39 is 0 Å². The Morgan fingerprint density at radius 1 is 0.288 bits per heavy atom. The van der Waals surface area contributed by atoms with Crippen molar-refractivity contribution in [2.24, 2.45) is 0 Å². The van der Waals surface area contributed by atoms with Crippen LogP contribution in [0.15, 0.2) is 146 Å². The molecule has 0 aliphatic rings. The van der Waals surface area contributed by atoms with Crippen LogP contribution in [0.4, 0.5) is 17.6 Å². The third-order valence-electron chi connectivity index (χ3n) is 9.34. The van der Waals surface area contributed by atoms with E-state index in [0.29, 0.717) is 22.7 Å². The molecule has 250 valence electrons. The summed E-state index contributed by atoms with van der Waals surface area (Å²) in [5.41, 5.74) is 11.2. The van der Waals surface area contributed by atoms with Crippen molar-refractivity contribution < 1.29 is 17.6 Å². The fourth-order valence-electron chi connectivity index (χ4n) is 6.71. The molecule has 2 N–H and O–H groups in total. The molecule has 0 saturated carbocycles. The Hall–Kier alpha value is -6.80. The molecular formula is C44H26F4N4. The first kappa shape index (κ1) is 31.2. The molecule has 0 bridgehead atoms. The van der Waals surface area contributed by atoms with Gasteiger partial charge in [-0.3, -0.25) is 0 Å². The molecular weight excluding hydrogens is 661 g/mol. The van der Waals surface area contributed by atoms with E-state index in [2.05, 4.69) is 9.97 Å². The second-order valence-electron chi connectivity index (χ2n) is 12.5. The van der Waals surface area contributed by atoms with E-state index in [1.54, 1.807) is 48.5 Å². The van der Waals surface area contributed by atoms with Gasteiger partial charge in [-0.2, -0.15) is 0 Å². The van der Waals surface area contributed by atoms with Crippen LogP contribution in [-0.2, 0) is 0 Å². The molecule has 9 aromatic rings. The number of aromatic nitrogens is 4. The zero-order chi connectivity index (χ0) is 35.3. The zero-order valence-electron chi connectivity index (χ0n) is 27.3. The highest BCUT2D eigenvalue weighted by atomic mass is 19.1. The number of H-pyrrole nitrogens is 2. The highest BCUT2D eigenvalue weighted by Gasteiger charge is 2.18. The normalized spacial score (nSPS) is 11.5. The van der Waals surface area contributed by atoms with E-state index >= 15 is 0 Å². The van der Waals surface area contributed by atoms with Crippen LogP contribution in [0.2, 0.25) is 0 Å². The Bertz CT molecular complexity index is 2370. The predicted molar refractivity (Wildman–Crippen MR) is 198 cm³/mol. The van der Waals surface area contributed by atoms with Crippen LogP contribution >= 0.6 is 0 Å². The second kappa shape index (κ2) is 12.5. The summed E-state index contributed by atoms with van der Waals surface area (Å²) in [7, 11) is 0. The van der Waals surface area contributed by atoms with Crippen LogP contribution in [0.5, 0.6) is 0 Å². The lowest BCUT2D eigenvalue weighted by Gasteiger charge is -2.08. The van der Waals surface area contributed by atoms with Crippen LogP contribution < -0.4 is 0 Å². The minimum atomic E-state index is -0.325. The van der Waals surface area contributed by atoms with Gasteiger partial charge in [0.15, 0.2) is 0 Å². The largest absolute Gasteiger partial charge is 0.337 e. The summed E-state index contributed by atoms with van der Waals surface area (Å²) < 4.78 is 55.3. The standard InChI is InChI=1S/C44H26F4N4/c45-31-13-5-25(6-14-31)35-21-22-36(26-7-15-32(46)16-8-26)40-39(35)49-43(50-40)29-1-2-30(4-3-29)44-51-41-37(27-9-17-33(47)18-10-27)23-24-38(42(41)52-44)28-11-19-34(48)20-12-28/h1-24H,(H,49,50)(H,51,52). The van der Waals surface area contributed by atoms with E-state index in [9.17, 15) is 17.6 Å². The lowest BCUT2D eigenvalue weighted by Crippen LogP contribution is -1.86. The highest BCUT2D eigenvalue weighted by molar-refractivity contribution is 6.03. The van der Waals surface area contributed by atoms with Crippen LogP contribution in [0.1, 0.15) is 0 Å². The van der Waals surface area contributed by atoms with Gasteiger partial charge in [-0.1, -0.05) is 97.1 Å². The molecule has 8 heteroatoms. The molecule has 2 heterocycles. The summed E-state index contributed by atoms with van der Waals surface area (Å²) in [5.74, 6) is -0.0445. The van der Waals surface area contributed by atoms with Gasteiger partial charge >= 0.3 is 0 Å². The molecule has 9 rings (SSSR count). The van der Waals surface area contributed by atoms with Crippen LogP contribution in [0, 0.1) is 23.3 Å². The first-order valence-electron chi connectivity index (χ1n) is 16.6. The van der Waals surface area contributed by atoms with Crippen molar-refractivity contribution in [1.29, 1.82) is 0 Å². The number of halogens is 4. The summed E-state index contributed by atoms with van der Waals surface area (Å²) >= 11 is 0. The molecule has 0 spiro atoms. The number of aromatic amines is 2. The van der Waals surface area contributed by atoms with Crippen molar-refractivity contribution in [3.05, 3.63) is 169 Å². The van der Waals surface area contributed by atoms with Gasteiger partial charge in [0.05, 0.1) is 22.1 Å². The van der Waals surface area contributed by atoms with Gasteiger partial charge < -0.3 is 9.97 Å². The van der Waals surface area contributed by atoms with Crippen LogP contribution in [-0.4, -0.2) is 19.9 Å². The van der Waals surface area contributed by atoms with Crippen molar-refractivity contribution in [2.75, 3.05) is 0 Å². The van der Waals surface area contributed by atoms with Gasteiger partial charge in [0.1, 0.15) is 34.9 Å². The number of hydrogen-bond donors (Lipinski definition) is 2. The number of fused-ring (bicyclic) bond motifs is 2. The Morgan fingerprint density at radius 3 is 0.846 bits per heavy atom. The fraction of sp³-hybridized carbons (Fsp3) is 0. The van der Waals surface area contributed by atoms with Crippen molar-refractivity contribution in [3.8, 4) is 67.3 Å². The number of nitrogens with zero attached hydrogens (tertiary/aromatic N) is 2. The topological polar surface area (TPSA) is 57.4 Å². The van der Waals surface area contributed by atoms with E-state index in [1.165, 1.54) is 48.5 Å². The van der Waals surface area contributed by atoms with E-state index in [-0.39, 0.29) is 23.3 Å². The molecule has 0 radical (unpaired) electrons. The monoisotopic (exact) mass is 686 g/mol. The lowest BCUT2D eigenvalue weighted by molar-refractivity contribution is 0.627. The van der Waals surface area contributed by atoms with Gasteiger partial charge in [-0.05, 0) is 70.8 Å². The molecule has 2 aromatic heterocycles. The van der Waals surface area contributed by atoms with Gasteiger partial charge in [0.2, 0.25) is 0 Å². The number of rotatable bonds is 6. The Morgan fingerprint density at radius 2 is 0.538 bits per heavy atom. The molecule has 0 atom stereocenters. The average molecular weight is 687 g/mol. The maximum absolute atomic E-state index is 13.8. The highest BCUT2D eigenvalue weighted by Crippen LogP contribution is 2.38.